The minimum Gasteiger partial charge on any atom is -0.466 e. The first-order valence-corrected chi connectivity index (χ1v) is 12.6. The predicted octanol–water partition coefficient (Wildman–Crippen LogP) is 3.67. The largest absolute Gasteiger partial charge is 0.466 e. The van der Waals surface area contributed by atoms with E-state index in [1.165, 1.54) is 33.5 Å². The van der Waals surface area contributed by atoms with Crippen molar-refractivity contribution in [2.45, 2.75) is 43.4 Å². The van der Waals surface area contributed by atoms with Crippen molar-refractivity contribution in [1.82, 2.24) is 4.31 Å². The summed E-state index contributed by atoms with van der Waals surface area (Å²) < 4.78 is 47.5. The molecule has 0 N–H and O–H groups in total. The summed E-state index contributed by atoms with van der Waals surface area (Å²) in [4.78, 5) is 27.3. The first-order valence-electron chi connectivity index (χ1n) is 11.1. The highest BCUT2D eigenvalue weighted by Gasteiger charge is 2.50. The van der Waals surface area contributed by atoms with E-state index in [0.29, 0.717) is 11.3 Å². The van der Waals surface area contributed by atoms with Gasteiger partial charge in [0.15, 0.2) is 0 Å². The van der Waals surface area contributed by atoms with E-state index in [-0.39, 0.29) is 48.9 Å². The SMILES string of the molecule is CCOC(=O)CC1=CCC2(CCN1S(=O)(=O)c1ccc(C)cc1)C(=O)N(C)c1cc(F)ccc12. The number of anilines is 1. The van der Waals surface area contributed by atoms with Crippen LogP contribution in [0.5, 0.6) is 0 Å². The lowest BCUT2D eigenvalue weighted by molar-refractivity contribution is -0.142. The molecule has 2 aromatic rings. The number of rotatable bonds is 5. The summed E-state index contributed by atoms with van der Waals surface area (Å²) in [6, 6.07) is 10.7. The Bertz CT molecular complexity index is 1270. The number of hydrogen-bond donors (Lipinski definition) is 0. The quantitative estimate of drug-likeness (QED) is 0.602. The second kappa shape index (κ2) is 8.87. The molecule has 0 saturated heterocycles. The van der Waals surface area contributed by atoms with Crippen LogP contribution in [0.3, 0.4) is 0 Å². The maximum Gasteiger partial charge on any atom is 0.311 e. The second-order valence-corrected chi connectivity index (χ2v) is 10.5. The Balaban J connectivity index is 1.79. The van der Waals surface area contributed by atoms with Crippen molar-refractivity contribution in [3.8, 4) is 0 Å². The molecule has 0 bridgehead atoms. The van der Waals surface area contributed by atoms with E-state index in [1.54, 1.807) is 38.2 Å². The van der Waals surface area contributed by atoms with E-state index in [2.05, 4.69) is 0 Å². The monoisotopic (exact) mass is 486 g/mol. The van der Waals surface area contributed by atoms with Crippen molar-refractivity contribution >= 4 is 27.6 Å². The third kappa shape index (κ3) is 3.98. The maximum atomic E-state index is 13.9. The Kier molecular flexibility index (Phi) is 6.24. The summed E-state index contributed by atoms with van der Waals surface area (Å²) in [5, 5.41) is 0. The molecule has 0 aromatic heterocycles. The van der Waals surface area contributed by atoms with Crippen LogP contribution >= 0.6 is 0 Å². The van der Waals surface area contributed by atoms with Gasteiger partial charge in [0.1, 0.15) is 5.82 Å². The first-order chi connectivity index (χ1) is 16.1. The molecule has 34 heavy (non-hydrogen) atoms. The Hall–Kier alpha value is -3.20. The van der Waals surface area contributed by atoms with Gasteiger partial charge in [0.25, 0.3) is 10.0 Å². The molecule has 0 aliphatic carbocycles. The summed E-state index contributed by atoms with van der Waals surface area (Å²) in [7, 11) is -2.41. The van der Waals surface area contributed by atoms with E-state index in [4.69, 9.17) is 4.74 Å². The van der Waals surface area contributed by atoms with Crippen molar-refractivity contribution in [3.63, 3.8) is 0 Å². The topological polar surface area (TPSA) is 84.0 Å². The number of amides is 1. The smallest absolute Gasteiger partial charge is 0.311 e. The maximum absolute atomic E-state index is 13.9. The molecule has 1 unspecified atom stereocenters. The minimum absolute atomic E-state index is 0.0160. The van der Waals surface area contributed by atoms with Gasteiger partial charge in [-0.3, -0.25) is 13.9 Å². The van der Waals surface area contributed by atoms with Crippen LogP contribution in [0.1, 0.15) is 37.3 Å². The van der Waals surface area contributed by atoms with Crippen LogP contribution in [0.15, 0.2) is 59.1 Å². The predicted molar refractivity (Wildman–Crippen MR) is 125 cm³/mol. The fourth-order valence-corrected chi connectivity index (χ4v) is 6.25. The molecule has 4 rings (SSSR count). The van der Waals surface area contributed by atoms with Crippen molar-refractivity contribution in [2.24, 2.45) is 0 Å². The van der Waals surface area contributed by atoms with E-state index >= 15 is 0 Å². The average molecular weight is 487 g/mol. The van der Waals surface area contributed by atoms with Crippen LogP contribution in [-0.4, -0.2) is 44.8 Å². The molecule has 2 aliphatic heterocycles. The van der Waals surface area contributed by atoms with Gasteiger partial charge in [-0.1, -0.05) is 29.8 Å². The lowest BCUT2D eigenvalue weighted by atomic mass is 9.76. The van der Waals surface area contributed by atoms with Crippen molar-refractivity contribution < 1.29 is 27.1 Å². The van der Waals surface area contributed by atoms with Gasteiger partial charge in [0, 0.05) is 19.3 Å². The Morgan fingerprint density at radius 2 is 1.88 bits per heavy atom. The minimum atomic E-state index is -4.00. The molecule has 2 aromatic carbocycles. The molecule has 1 amide bonds. The van der Waals surface area contributed by atoms with Gasteiger partial charge in [-0.15, -0.1) is 0 Å². The normalized spacial score (nSPS) is 20.2. The number of aryl methyl sites for hydroxylation is 1. The molecule has 2 aliphatic rings. The molecule has 7 nitrogen and oxygen atoms in total. The van der Waals surface area contributed by atoms with E-state index < -0.39 is 27.2 Å². The summed E-state index contributed by atoms with van der Waals surface area (Å²) in [5.41, 5.74) is 1.26. The number of allylic oxidation sites excluding steroid dienone is 1. The number of sulfonamides is 1. The van der Waals surface area contributed by atoms with Crippen molar-refractivity contribution in [3.05, 3.63) is 71.2 Å². The standard InChI is InChI=1S/C25H27FN2O5S/c1-4-33-23(29)16-19-11-12-25(21-10-7-18(26)15-22(21)27(3)24(25)30)13-14-28(19)34(31,32)20-8-5-17(2)6-9-20/h5-11,15H,4,12-14,16H2,1-3H3. The third-order valence-corrected chi connectivity index (χ3v) is 8.40. The third-order valence-electron chi connectivity index (χ3n) is 6.54. The molecule has 1 atom stereocenters. The molecule has 1 spiro atoms. The van der Waals surface area contributed by atoms with Crippen LogP contribution in [0.4, 0.5) is 10.1 Å². The molecule has 0 fully saturated rings. The van der Waals surface area contributed by atoms with Crippen LogP contribution in [0.25, 0.3) is 0 Å². The van der Waals surface area contributed by atoms with Crippen LogP contribution < -0.4 is 4.90 Å². The van der Waals surface area contributed by atoms with E-state index in [1.807, 2.05) is 6.92 Å². The summed E-state index contributed by atoms with van der Waals surface area (Å²) >= 11 is 0. The van der Waals surface area contributed by atoms with Crippen molar-refractivity contribution in [1.29, 1.82) is 0 Å². The fraction of sp³-hybridized carbons (Fsp3) is 0.360. The van der Waals surface area contributed by atoms with Crippen LogP contribution in [-0.2, 0) is 29.8 Å². The zero-order valence-corrected chi connectivity index (χ0v) is 20.2. The van der Waals surface area contributed by atoms with Crippen molar-refractivity contribution in [2.75, 3.05) is 25.1 Å². The highest BCUT2D eigenvalue weighted by atomic mass is 32.2. The summed E-state index contributed by atoms with van der Waals surface area (Å²) in [5.74, 6) is -1.23. The lowest BCUT2D eigenvalue weighted by Gasteiger charge is -2.28. The van der Waals surface area contributed by atoms with Gasteiger partial charge in [0.05, 0.1) is 29.0 Å². The molecule has 180 valence electrons. The average Bonchev–Trinajstić information content (AvgIpc) is 2.91. The number of nitrogens with zero attached hydrogens (tertiary/aromatic N) is 2. The zero-order chi connectivity index (χ0) is 24.7. The second-order valence-electron chi connectivity index (χ2n) is 8.63. The Morgan fingerprint density at radius 3 is 2.56 bits per heavy atom. The number of halogens is 1. The Labute approximate surface area is 198 Å². The number of carbonyl (C=O) groups is 2. The van der Waals surface area contributed by atoms with Gasteiger partial charge in [-0.05, 0) is 56.5 Å². The van der Waals surface area contributed by atoms with E-state index in [0.717, 1.165) is 5.56 Å². The zero-order valence-electron chi connectivity index (χ0n) is 19.4. The number of esters is 1. The number of fused-ring (bicyclic) bond motifs is 2. The molecular weight excluding hydrogens is 459 g/mol. The van der Waals surface area contributed by atoms with Gasteiger partial charge in [0.2, 0.25) is 5.91 Å². The highest BCUT2D eigenvalue weighted by molar-refractivity contribution is 7.89. The highest BCUT2D eigenvalue weighted by Crippen LogP contribution is 2.48. The van der Waals surface area contributed by atoms with Gasteiger partial charge in [-0.25, -0.2) is 12.8 Å². The van der Waals surface area contributed by atoms with Crippen LogP contribution in [0.2, 0.25) is 0 Å². The molecular formula is C25H27FN2O5S. The number of carbonyl (C=O) groups excluding carboxylic acids is 2. The number of likely N-dealkylation sites (N-methyl/N-ethyl adjacent to an activating group) is 1. The molecule has 9 heteroatoms. The molecule has 0 radical (unpaired) electrons. The molecule has 0 saturated carbocycles. The number of benzene rings is 2. The number of hydrogen-bond acceptors (Lipinski definition) is 5. The first kappa shape index (κ1) is 23.9. The number of ether oxygens (including phenoxy) is 1. The summed E-state index contributed by atoms with van der Waals surface area (Å²) in [6.07, 6.45) is 1.77. The summed E-state index contributed by atoms with van der Waals surface area (Å²) in [6.45, 7) is 3.69. The molecule has 2 heterocycles. The van der Waals surface area contributed by atoms with E-state index in [9.17, 15) is 22.4 Å². The Morgan fingerprint density at radius 1 is 1.18 bits per heavy atom. The lowest BCUT2D eigenvalue weighted by Crippen LogP contribution is -2.40. The fourth-order valence-electron chi connectivity index (χ4n) is 4.74. The van der Waals surface area contributed by atoms with Crippen LogP contribution in [0, 0.1) is 12.7 Å². The van der Waals surface area contributed by atoms with Gasteiger partial charge >= 0.3 is 5.97 Å². The van der Waals surface area contributed by atoms with Gasteiger partial charge in [-0.2, -0.15) is 0 Å². The van der Waals surface area contributed by atoms with Gasteiger partial charge < -0.3 is 9.64 Å².